The topological polar surface area (TPSA) is 0 Å². The molecule has 0 amide bonds. The number of hydrogen-bond donors (Lipinski definition) is 0. The molecule has 0 nitrogen and oxygen atoms in total. The van der Waals surface area contributed by atoms with Gasteiger partial charge in [-0.1, -0.05) is 87.9 Å². The van der Waals surface area contributed by atoms with Crippen molar-refractivity contribution >= 4 is 28.3 Å². The van der Waals surface area contributed by atoms with Crippen LogP contribution in [0.3, 0.4) is 0 Å². The van der Waals surface area contributed by atoms with Gasteiger partial charge in [0.05, 0.1) is 0 Å². The van der Waals surface area contributed by atoms with Gasteiger partial charge in [0, 0.05) is 53.8 Å². The summed E-state index contributed by atoms with van der Waals surface area (Å²) in [4.78, 5) is 0. The Balaban J connectivity index is 0.00000342. The molecule has 3 heteroatoms. The van der Waals surface area contributed by atoms with Crippen molar-refractivity contribution in [1.29, 1.82) is 0 Å². The van der Waals surface area contributed by atoms with Gasteiger partial charge in [0.25, 0.3) is 0 Å². The fraction of sp³-hybridized carbons (Fsp3) is 0.500. The van der Waals surface area contributed by atoms with Gasteiger partial charge in [-0.3, -0.25) is 0 Å². The predicted octanol–water partition coefficient (Wildman–Crippen LogP) is 9.82. The van der Waals surface area contributed by atoms with Gasteiger partial charge in [-0.25, -0.2) is 0 Å². The molecule has 0 saturated carbocycles. The van der Waals surface area contributed by atoms with E-state index in [4.69, 9.17) is 0 Å². The molecule has 0 aliphatic heterocycles. The van der Waals surface area contributed by atoms with E-state index in [2.05, 4.69) is 116 Å². The minimum Gasteiger partial charge on any atom is -0.0764 e. The van der Waals surface area contributed by atoms with Crippen LogP contribution in [-0.4, -0.2) is 16.1 Å². The summed E-state index contributed by atoms with van der Waals surface area (Å²) in [5.74, 6) is 1.88. The molecule has 0 saturated heterocycles. The summed E-state index contributed by atoms with van der Waals surface area (Å²) in [6.45, 7) is 25.1. The fourth-order valence-corrected chi connectivity index (χ4v) is 21.5. The summed E-state index contributed by atoms with van der Waals surface area (Å²) in [5, 5.41) is 0.893. The van der Waals surface area contributed by atoms with Crippen molar-refractivity contribution in [3.63, 3.8) is 0 Å². The minimum atomic E-state index is -1.36. The molecule has 2 aliphatic rings. The standard InChI is InChI=1S/C32H46Si2.Sc/c1-21-11-13-23(3)30-25(15-17-26(21)30)16-18-29(32(33(5,6)7)34(8,9)10)28-20-19-27-22(2)12-14-24(4)31(27)28;/h11-15,17,19-20,25,28-29,32H,16,18H2,1-10H3;. The first-order valence-electron chi connectivity index (χ1n) is 13.4. The zero-order valence-corrected chi connectivity index (χ0v) is 27.7. The van der Waals surface area contributed by atoms with Gasteiger partial charge in [-0.05, 0) is 96.1 Å². The first-order chi connectivity index (χ1) is 15.8. The van der Waals surface area contributed by atoms with E-state index in [1.807, 2.05) is 0 Å². The Labute approximate surface area is 236 Å². The molecule has 3 unspecified atom stereocenters. The van der Waals surface area contributed by atoms with E-state index in [1.54, 1.807) is 11.1 Å². The summed E-state index contributed by atoms with van der Waals surface area (Å²) in [5.41, 5.74) is 12.1. The van der Waals surface area contributed by atoms with Crippen LogP contribution in [0.1, 0.15) is 69.2 Å². The van der Waals surface area contributed by atoms with Crippen LogP contribution < -0.4 is 0 Å². The SMILES string of the molecule is Cc1ccc(C)c2c1C=CC2CCC(C1C=Cc2c(C)ccc(C)c21)C([Si](C)(C)C)[Si](C)(C)C.[Sc]. The fourth-order valence-electron chi connectivity index (χ4n) is 7.80. The molecule has 2 aliphatic carbocycles. The van der Waals surface area contributed by atoms with Crippen LogP contribution in [0, 0.1) is 33.6 Å². The first kappa shape index (κ1) is 28.8. The molecule has 35 heavy (non-hydrogen) atoms. The molecule has 3 atom stereocenters. The molecule has 0 heterocycles. The first-order valence-corrected chi connectivity index (χ1v) is 20.5. The Morgan fingerprint density at radius 1 is 0.657 bits per heavy atom. The van der Waals surface area contributed by atoms with Crippen LogP contribution in [0.2, 0.25) is 44.4 Å². The molecule has 4 rings (SSSR count). The Morgan fingerprint density at radius 2 is 1.11 bits per heavy atom. The molecule has 0 fully saturated rings. The maximum Gasteiger partial charge on any atom is 0.0450 e. The molecule has 185 valence electrons. The average molecular weight is 532 g/mol. The van der Waals surface area contributed by atoms with E-state index in [1.165, 1.54) is 46.2 Å². The molecule has 2 aromatic carbocycles. The molecule has 0 aromatic heterocycles. The smallest absolute Gasteiger partial charge is 0.0450 e. The van der Waals surface area contributed by atoms with Gasteiger partial charge in [0.1, 0.15) is 0 Å². The maximum absolute atomic E-state index is 2.64. The van der Waals surface area contributed by atoms with E-state index >= 15 is 0 Å². The van der Waals surface area contributed by atoms with Gasteiger partial charge < -0.3 is 0 Å². The van der Waals surface area contributed by atoms with E-state index in [9.17, 15) is 0 Å². The second kappa shape index (κ2) is 10.5. The van der Waals surface area contributed by atoms with Gasteiger partial charge >= 0.3 is 0 Å². The van der Waals surface area contributed by atoms with Crippen LogP contribution in [0.5, 0.6) is 0 Å². The molecular weight excluding hydrogens is 485 g/mol. The second-order valence-corrected chi connectivity index (χ2v) is 24.6. The van der Waals surface area contributed by atoms with Crippen molar-refractivity contribution in [2.75, 3.05) is 0 Å². The molecule has 2 aromatic rings. The number of hydrogen-bond acceptors (Lipinski definition) is 0. The van der Waals surface area contributed by atoms with E-state index in [-0.39, 0.29) is 25.8 Å². The Morgan fingerprint density at radius 3 is 1.66 bits per heavy atom. The van der Waals surface area contributed by atoms with Crippen LogP contribution in [0.15, 0.2) is 36.4 Å². The summed E-state index contributed by atoms with van der Waals surface area (Å²) in [7, 11) is -2.73. The van der Waals surface area contributed by atoms with Crippen LogP contribution in [-0.2, 0) is 25.8 Å². The van der Waals surface area contributed by atoms with Crippen molar-refractivity contribution < 1.29 is 25.8 Å². The van der Waals surface area contributed by atoms with Crippen molar-refractivity contribution in [2.24, 2.45) is 5.92 Å². The van der Waals surface area contributed by atoms with Gasteiger partial charge in [-0.2, -0.15) is 0 Å². The minimum absolute atomic E-state index is 0. The quantitative estimate of drug-likeness (QED) is 0.312. The summed E-state index contributed by atoms with van der Waals surface area (Å²) < 4.78 is 0. The zero-order chi connectivity index (χ0) is 25.0. The third-order valence-corrected chi connectivity index (χ3v) is 18.5. The van der Waals surface area contributed by atoms with Crippen LogP contribution in [0.4, 0.5) is 0 Å². The van der Waals surface area contributed by atoms with Gasteiger partial charge in [0.2, 0.25) is 0 Å². The van der Waals surface area contributed by atoms with Crippen molar-refractivity contribution in [3.05, 3.63) is 80.9 Å². The third kappa shape index (κ3) is 5.57. The number of aryl methyl sites for hydroxylation is 4. The Hall–Kier alpha value is -0.776. The predicted molar refractivity (Wildman–Crippen MR) is 159 cm³/mol. The number of allylic oxidation sites excluding steroid dienone is 2. The largest absolute Gasteiger partial charge is 0.0764 e. The zero-order valence-electron chi connectivity index (χ0n) is 23.9. The number of benzene rings is 2. The number of rotatable bonds is 7. The van der Waals surface area contributed by atoms with E-state index in [0.29, 0.717) is 11.8 Å². The average Bonchev–Trinajstić information content (AvgIpc) is 3.35. The summed E-state index contributed by atoms with van der Waals surface area (Å²) >= 11 is 0. The van der Waals surface area contributed by atoms with Gasteiger partial charge in [-0.15, -0.1) is 0 Å². The summed E-state index contributed by atoms with van der Waals surface area (Å²) in [6.07, 6.45) is 12.6. The van der Waals surface area contributed by atoms with Crippen LogP contribution in [0.25, 0.3) is 12.2 Å². The Bertz CT molecular complexity index is 1130. The normalized spacial score (nSPS) is 19.6. The molecular formula is C32H46ScSi2. The van der Waals surface area contributed by atoms with E-state index in [0.717, 1.165) is 11.1 Å². The summed E-state index contributed by atoms with van der Waals surface area (Å²) in [6, 6.07) is 9.31. The van der Waals surface area contributed by atoms with E-state index < -0.39 is 16.1 Å². The van der Waals surface area contributed by atoms with Crippen molar-refractivity contribution in [1.82, 2.24) is 0 Å². The second-order valence-electron chi connectivity index (χ2n) is 13.4. The molecule has 0 bridgehead atoms. The van der Waals surface area contributed by atoms with Crippen molar-refractivity contribution in [3.8, 4) is 0 Å². The van der Waals surface area contributed by atoms with Crippen molar-refractivity contribution in [2.45, 2.75) is 96.8 Å². The third-order valence-electron chi connectivity index (χ3n) is 8.68. The molecule has 1 radical (unpaired) electrons. The Kier molecular flexibility index (Phi) is 8.67. The monoisotopic (exact) mass is 531 g/mol. The molecule has 0 spiro atoms. The van der Waals surface area contributed by atoms with Crippen LogP contribution >= 0.6 is 0 Å². The molecule has 0 N–H and O–H groups in total. The number of fused-ring (bicyclic) bond motifs is 2. The maximum atomic E-state index is 2.64. The van der Waals surface area contributed by atoms with Gasteiger partial charge in [0.15, 0.2) is 0 Å².